The molecule has 1 aromatic heterocycles. The lowest BCUT2D eigenvalue weighted by atomic mass is 10.3. The molecular formula is C15H16FN3OS. The Labute approximate surface area is 126 Å². The number of rotatable bonds is 2. The Morgan fingerprint density at radius 3 is 2.71 bits per heavy atom. The van der Waals surface area contributed by atoms with Crippen LogP contribution in [-0.2, 0) is 4.79 Å². The highest BCUT2D eigenvalue weighted by atomic mass is 32.1. The number of thiazole rings is 1. The predicted molar refractivity (Wildman–Crippen MR) is 81.1 cm³/mol. The van der Waals surface area contributed by atoms with E-state index in [1.54, 1.807) is 6.07 Å². The Bertz CT molecular complexity index is 689. The first kappa shape index (κ1) is 13.0. The topological polar surface area (TPSA) is 36.4 Å². The summed E-state index contributed by atoms with van der Waals surface area (Å²) in [7, 11) is 0. The molecule has 1 aromatic carbocycles. The number of halogens is 1. The lowest BCUT2D eigenvalue weighted by Crippen LogP contribution is -2.49. The molecule has 0 bridgehead atoms. The van der Waals surface area contributed by atoms with E-state index in [0.717, 1.165) is 54.4 Å². The van der Waals surface area contributed by atoms with Gasteiger partial charge in [-0.2, -0.15) is 0 Å². The SMILES string of the molecule is O=C(C1CC1)N1CCN(c2nc3ccc(F)cc3s2)CC1. The van der Waals surface area contributed by atoms with Gasteiger partial charge in [-0.25, -0.2) is 9.37 Å². The van der Waals surface area contributed by atoms with Crippen molar-refractivity contribution in [2.75, 3.05) is 31.1 Å². The van der Waals surface area contributed by atoms with Gasteiger partial charge in [0, 0.05) is 32.1 Å². The molecular weight excluding hydrogens is 289 g/mol. The number of carbonyl (C=O) groups is 1. The van der Waals surface area contributed by atoms with E-state index >= 15 is 0 Å². The molecule has 110 valence electrons. The minimum absolute atomic E-state index is 0.224. The molecule has 1 aliphatic carbocycles. The Morgan fingerprint density at radius 1 is 1.24 bits per heavy atom. The summed E-state index contributed by atoms with van der Waals surface area (Å²) in [4.78, 5) is 20.8. The number of anilines is 1. The Morgan fingerprint density at radius 2 is 2.00 bits per heavy atom. The van der Waals surface area contributed by atoms with Gasteiger partial charge in [0.15, 0.2) is 5.13 Å². The Hall–Kier alpha value is -1.69. The molecule has 0 unspecified atom stereocenters. The lowest BCUT2D eigenvalue weighted by Gasteiger charge is -2.34. The molecule has 1 saturated heterocycles. The molecule has 2 heterocycles. The third-order valence-corrected chi connectivity index (χ3v) is 5.21. The van der Waals surface area contributed by atoms with Crippen molar-refractivity contribution in [3.63, 3.8) is 0 Å². The summed E-state index contributed by atoms with van der Waals surface area (Å²) in [5.74, 6) is 0.389. The van der Waals surface area contributed by atoms with Crippen LogP contribution < -0.4 is 4.90 Å². The van der Waals surface area contributed by atoms with Crippen LogP contribution in [0.25, 0.3) is 10.2 Å². The number of nitrogens with zero attached hydrogens (tertiary/aromatic N) is 3. The van der Waals surface area contributed by atoms with Crippen LogP contribution in [0.3, 0.4) is 0 Å². The molecule has 4 rings (SSSR count). The third-order valence-electron chi connectivity index (χ3n) is 4.13. The van der Waals surface area contributed by atoms with Crippen molar-refractivity contribution in [2.24, 2.45) is 5.92 Å². The van der Waals surface area contributed by atoms with Gasteiger partial charge in [0.05, 0.1) is 10.2 Å². The molecule has 1 amide bonds. The standard InChI is InChI=1S/C15H16FN3OS/c16-11-3-4-12-13(9-11)21-15(17-12)19-7-5-18(6-8-19)14(20)10-1-2-10/h3-4,9-10H,1-2,5-8H2. The smallest absolute Gasteiger partial charge is 0.225 e. The van der Waals surface area contributed by atoms with Gasteiger partial charge >= 0.3 is 0 Å². The van der Waals surface area contributed by atoms with Crippen molar-refractivity contribution in [1.82, 2.24) is 9.88 Å². The van der Waals surface area contributed by atoms with Crippen LogP contribution in [0.1, 0.15) is 12.8 Å². The van der Waals surface area contributed by atoms with Gasteiger partial charge in [0.25, 0.3) is 0 Å². The van der Waals surface area contributed by atoms with Crippen LogP contribution in [0.15, 0.2) is 18.2 Å². The second-order valence-electron chi connectivity index (χ2n) is 5.70. The highest BCUT2D eigenvalue weighted by Crippen LogP contribution is 2.33. The summed E-state index contributed by atoms with van der Waals surface area (Å²) < 4.78 is 14.1. The van der Waals surface area contributed by atoms with Gasteiger partial charge < -0.3 is 9.80 Å². The molecule has 1 saturated carbocycles. The molecule has 21 heavy (non-hydrogen) atoms. The van der Waals surface area contributed by atoms with E-state index in [4.69, 9.17) is 0 Å². The number of benzene rings is 1. The number of hydrogen-bond donors (Lipinski definition) is 0. The minimum Gasteiger partial charge on any atom is -0.345 e. The van der Waals surface area contributed by atoms with E-state index in [1.807, 2.05) is 4.90 Å². The zero-order valence-corrected chi connectivity index (χ0v) is 12.4. The number of carbonyl (C=O) groups excluding carboxylic acids is 1. The largest absolute Gasteiger partial charge is 0.345 e. The van der Waals surface area contributed by atoms with Gasteiger partial charge in [-0.1, -0.05) is 11.3 Å². The van der Waals surface area contributed by atoms with E-state index in [0.29, 0.717) is 11.8 Å². The second-order valence-corrected chi connectivity index (χ2v) is 6.70. The van der Waals surface area contributed by atoms with Crippen LogP contribution in [0, 0.1) is 11.7 Å². The number of hydrogen-bond acceptors (Lipinski definition) is 4. The Balaban J connectivity index is 1.48. The van der Waals surface area contributed by atoms with Crippen molar-refractivity contribution in [2.45, 2.75) is 12.8 Å². The number of amides is 1. The van der Waals surface area contributed by atoms with Crippen molar-refractivity contribution in [3.8, 4) is 0 Å². The quantitative estimate of drug-likeness (QED) is 0.855. The molecule has 2 fully saturated rings. The van der Waals surface area contributed by atoms with Crippen LogP contribution in [0.4, 0.5) is 9.52 Å². The van der Waals surface area contributed by atoms with E-state index in [1.165, 1.54) is 23.5 Å². The molecule has 0 radical (unpaired) electrons. The molecule has 0 spiro atoms. The first-order valence-electron chi connectivity index (χ1n) is 7.30. The monoisotopic (exact) mass is 305 g/mol. The van der Waals surface area contributed by atoms with Crippen molar-refractivity contribution >= 4 is 32.6 Å². The van der Waals surface area contributed by atoms with E-state index in [9.17, 15) is 9.18 Å². The maximum atomic E-state index is 13.2. The average Bonchev–Trinajstić information content (AvgIpc) is 3.26. The summed E-state index contributed by atoms with van der Waals surface area (Å²) in [6.45, 7) is 3.14. The van der Waals surface area contributed by atoms with Crippen LogP contribution >= 0.6 is 11.3 Å². The zero-order chi connectivity index (χ0) is 14.4. The summed E-state index contributed by atoms with van der Waals surface area (Å²) in [6.07, 6.45) is 2.12. The maximum Gasteiger partial charge on any atom is 0.225 e. The first-order chi connectivity index (χ1) is 10.2. The van der Waals surface area contributed by atoms with Crippen LogP contribution in [0.2, 0.25) is 0 Å². The Kier molecular flexibility index (Phi) is 3.06. The zero-order valence-electron chi connectivity index (χ0n) is 11.6. The van der Waals surface area contributed by atoms with Crippen LogP contribution in [0.5, 0.6) is 0 Å². The van der Waals surface area contributed by atoms with Crippen molar-refractivity contribution in [3.05, 3.63) is 24.0 Å². The lowest BCUT2D eigenvalue weighted by molar-refractivity contribution is -0.132. The van der Waals surface area contributed by atoms with Gasteiger partial charge in [-0.05, 0) is 31.0 Å². The molecule has 2 aromatic rings. The van der Waals surface area contributed by atoms with Gasteiger partial charge in [-0.3, -0.25) is 4.79 Å². The average molecular weight is 305 g/mol. The van der Waals surface area contributed by atoms with E-state index in [-0.39, 0.29) is 5.82 Å². The molecule has 1 aliphatic heterocycles. The maximum absolute atomic E-state index is 13.2. The van der Waals surface area contributed by atoms with Crippen molar-refractivity contribution in [1.29, 1.82) is 0 Å². The van der Waals surface area contributed by atoms with Crippen molar-refractivity contribution < 1.29 is 9.18 Å². The fourth-order valence-electron chi connectivity index (χ4n) is 2.73. The molecule has 6 heteroatoms. The predicted octanol–water partition coefficient (Wildman–Crippen LogP) is 2.49. The van der Waals surface area contributed by atoms with Crippen LogP contribution in [-0.4, -0.2) is 42.0 Å². The number of fused-ring (bicyclic) bond motifs is 1. The van der Waals surface area contributed by atoms with Gasteiger partial charge in [-0.15, -0.1) is 0 Å². The van der Waals surface area contributed by atoms with Gasteiger partial charge in [0.1, 0.15) is 5.82 Å². The van der Waals surface area contributed by atoms with Gasteiger partial charge in [0.2, 0.25) is 5.91 Å². The number of aromatic nitrogens is 1. The molecule has 4 nitrogen and oxygen atoms in total. The molecule has 0 N–H and O–H groups in total. The minimum atomic E-state index is -0.224. The highest BCUT2D eigenvalue weighted by Gasteiger charge is 2.34. The number of piperazine rings is 1. The fraction of sp³-hybridized carbons (Fsp3) is 0.467. The molecule has 0 atom stereocenters. The summed E-state index contributed by atoms with van der Waals surface area (Å²) in [5.41, 5.74) is 0.841. The normalized spacial score (nSPS) is 19.3. The third kappa shape index (κ3) is 2.48. The highest BCUT2D eigenvalue weighted by molar-refractivity contribution is 7.22. The summed E-state index contributed by atoms with van der Waals surface area (Å²) in [6, 6.07) is 4.69. The fourth-order valence-corrected chi connectivity index (χ4v) is 3.77. The second kappa shape index (κ2) is 4.94. The summed E-state index contributed by atoms with van der Waals surface area (Å²) in [5, 5.41) is 0.925. The first-order valence-corrected chi connectivity index (χ1v) is 8.12. The van der Waals surface area contributed by atoms with E-state index in [2.05, 4.69) is 9.88 Å². The summed E-state index contributed by atoms with van der Waals surface area (Å²) >= 11 is 1.52. The van der Waals surface area contributed by atoms with E-state index < -0.39 is 0 Å². The molecule has 2 aliphatic rings.